The van der Waals surface area contributed by atoms with Gasteiger partial charge in [0.2, 0.25) is 0 Å². The van der Waals surface area contributed by atoms with Crippen LogP contribution in [0.1, 0.15) is 60.8 Å². The molecule has 0 saturated carbocycles. The zero-order valence-electron chi connectivity index (χ0n) is 21.1. The summed E-state index contributed by atoms with van der Waals surface area (Å²) in [7, 11) is 0. The SMILES string of the molecule is CC[C@H](C)CC(=O)O[C@@H]1OC=C(COC(C)=O)C2=C[C@H](OC(=O)CC(C)(C)OC(C)=O)[C@@]3(CO3)[C@H]21. The van der Waals surface area contributed by atoms with Crippen LogP contribution in [0.2, 0.25) is 0 Å². The van der Waals surface area contributed by atoms with Crippen molar-refractivity contribution in [1.82, 2.24) is 0 Å². The highest BCUT2D eigenvalue weighted by Gasteiger charge is 2.68. The standard InChI is InChI=1S/C25H34O10/c1-7-14(2)8-20(28)34-23-22-18(17(12-31-23)11-30-15(3)26)9-19(25(22)13-32-25)33-21(29)10-24(5,6)35-16(4)27/h9,12,14,19,22-23H,7-8,10-11,13H2,1-6H3/t14-,19-,22+,23-,25-/m0/s1. The number of esters is 4. The largest absolute Gasteiger partial charge is 0.461 e. The van der Waals surface area contributed by atoms with E-state index in [-0.39, 0.29) is 32.0 Å². The number of hydrogen-bond acceptors (Lipinski definition) is 10. The van der Waals surface area contributed by atoms with Gasteiger partial charge >= 0.3 is 23.9 Å². The molecular formula is C25H34O10. The molecule has 1 aliphatic carbocycles. The van der Waals surface area contributed by atoms with Gasteiger partial charge in [-0.2, -0.15) is 0 Å². The molecule has 3 aliphatic rings. The predicted molar refractivity (Wildman–Crippen MR) is 120 cm³/mol. The molecule has 0 aromatic rings. The summed E-state index contributed by atoms with van der Waals surface area (Å²) in [5.41, 5.74) is -0.772. The minimum absolute atomic E-state index is 0.0541. The van der Waals surface area contributed by atoms with Crippen molar-refractivity contribution in [3.8, 4) is 0 Å². The Labute approximate surface area is 204 Å². The lowest BCUT2D eigenvalue weighted by Gasteiger charge is -2.33. The molecule has 2 heterocycles. The van der Waals surface area contributed by atoms with Crippen LogP contribution in [0, 0.1) is 11.8 Å². The van der Waals surface area contributed by atoms with Crippen LogP contribution in [0.15, 0.2) is 23.5 Å². The molecule has 0 unspecified atom stereocenters. The monoisotopic (exact) mass is 494 g/mol. The van der Waals surface area contributed by atoms with E-state index in [1.54, 1.807) is 19.9 Å². The van der Waals surface area contributed by atoms with Crippen LogP contribution < -0.4 is 0 Å². The Morgan fingerprint density at radius 3 is 2.40 bits per heavy atom. The van der Waals surface area contributed by atoms with E-state index in [2.05, 4.69) is 0 Å². The minimum Gasteiger partial charge on any atom is -0.461 e. The van der Waals surface area contributed by atoms with E-state index < -0.39 is 53.4 Å². The fourth-order valence-corrected chi connectivity index (χ4v) is 4.34. The van der Waals surface area contributed by atoms with Gasteiger partial charge < -0.3 is 28.4 Å². The maximum Gasteiger partial charge on any atom is 0.310 e. The second-order valence-electron chi connectivity index (χ2n) is 9.92. The van der Waals surface area contributed by atoms with Crippen LogP contribution in [-0.2, 0) is 47.6 Å². The summed E-state index contributed by atoms with van der Waals surface area (Å²) in [6, 6.07) is 0. The third-order valence-electron chi connectivity index (χ3n) is 6.28. The van der Waals surface area contributed by atoms with Gasteiger partial charge in [0.25, 0.3) is 6.29 Å². The molecule has 1 spiro atoms. The summed E-state index contributed by atoms with van der Waals surface area (Å²) in [6.07, 6.45) is 2.26. The van der Waals surface area contributed by atoms with Crippen LogP contribution in [0.3, 0.4) is 0 Å². The number of carbonyl (C=O) groups is 4. The number of epoxide rings is 1. The number of rotatable bonds is 10. The van der Waals surface area contributed by atoms with Gasteiger partial charge in [0.1, 0.15) is 17.8 Å². The molecule has 0 N–H and O–H groups in total. The molecule has 0 aromatic carbocycles. The Hall–Kier alpha value is -2.88. The van der Waals surface area contributed by atoms with Gasteiger partial charge in [-0.3, -0.25) is 19.2 Å². The molecule has 0 aromatic heterocycles. The van der Waals surface area contributed by atoms with Crippen LogP contribution >= 0.6 is 0 Å². The maximum absolute atomic E-state index is 12.7. The van der Waals surface area contributed by atoms with E-state index in [9.17, 15) is 19.2 Å². The van der Waals surface area contributed by atoms with Crippen molar-refractivity contribution in [2.75, 3.05) is 13.2 Å². The van der Waals surface area contributed by atoms with Gasteiger partial charge in [0.05, 0.1) is 25.2 Å². The summed E-state index contributed by atoms with van der Waals surface area (Å²) in [5.74, 6) is -2.36. The summed E-state index contributed by atoms with van der Waals surface area (Å²) in [4.78, 5) is 47.9. The van der Waals surface area contributed by atoms with Crippen molar-refractivity contribution in [2.45, 2.75) is 84.4 Å². The van der Waals surface area contributed by atoms with Gasteiger partial charge in [0, 0.05) is 25.8 Å². The summed E-state index contributed by atoms with van der Waals surface area (Å²) < 4.78 is 33.3. The highest BCUT2D eigenvalue weighted by Crippen LogP contribution is 2.54. The molecular weight excluding hydrogens is 460 g/mol. The molecule has 2 aliphatic heterocycles. The first-order valence-electron chi connectivity index (χ1n) is 11.8. The van der Waals surface area contributed by atoms with Crippen molar-refractivity contribution in [3.63, 3.8) is 0 Å². The number of carbonyl (C=O) groups excluding carboxylic acids is 4. The van der Waals surface area contributed by atoms with E-state index >= 15 is 0 Å². The Morgan fingerprint density at radius 2 is 1.83 bits per heavy atom. The maximum atomic E-state index is 12.7. The van der Waals surface area contributed by atoms with Crippen LogP contribution in [0.4, 0.5) is 0 Å². The summed E-state index contributed by atoms with van der Waals surface area (Å²) in [6.45, 7) is 9.95. The first-order chi connectivity index (χ1) is 16.4. The first kappa shape index (κ1) is 26.7. The van der Waals surface area contributed by atoms with E-state index in [1.165, 1.54) is 20.1 Å². The third-order valence-corrected chi connectivity index (χ3v) is 6.28. The molecule has 194 valence electrons. The van der Waals surface area contributed by atoms with E-state index in [0.29, 0.717) is 11.1 Å². The van der Waals surface area contributed by atoms with Crippen molar-refractivity contribution >= 4 is 23.9 Å². The number of hydrogen-bond donors (Lipinski definition) is 0. The zero-order chi connectivity index (χ0) is 26.0. The lowest BCUT2D eigenvalue weighted by Crippen LogP contribution is -2.45. The average Bonchev–Trinajstić information content (AvgIpc) is 3.45. The molecule has 3 rings (SSSR count). The van der Waals surface area contributed by atoms with Gasteiger partial charge in [0.15, 0.2) is 6.10 Å². The molecule has 1 saturated heterocycles. The van der Waals surface area contributed by atoms with Gasteiger partial charge in [-0.15, -0.1) is 0 Å². The van der Waals surface area contributed by atoms with Gasteiger partial charge in [-0.1, -0.05) is 20.3 Å². The minimum atomic E-state index is -1.05. The Morgan fingerprint density at radius 1 is 1.14 bits per heavy atom. The molecule has 0 bridgehead atoms. The first-order valence-corrected chi connectivity index (χ1v) is 11.8. The van der Waals surface area contributed by atoms with Crippen molar-refractivity contribution in [2.24, 2.45) is 11.8 Å². The van der Waals surface area contributed by atoms with E-state index in [1.807, 2.05) is 13.8 Å². The van der Waals surface area contributed by atoms with E-state index in [0.717, 1.165) is 6.42 Å². The van der Waals surface area contributed by atoms with E-state index in [4.69, 9.17) is 28.4 Å². The van der Waals surface area contributed by atoms with Crippen molar-refractivity contribution in [3.05, 3.63) is 23.5 Å². The topological polar surface area (TPSA) is 127 Å². The van der Waals surface area contributed by atoms with Crippen LogP contribution in [0.25, 0.3) is 0 Å². The van der Waals surface area contributed by atoms with Crippen LogP contribution in [-0.4, -0.2) is 60.7 Å². The smallest absolute Gasteiger partial charge is 0.310 e. The molecule has 1 fully saturated rings. The quantitative estimate of drug-likeness (QED) is 0.254. The highest BCUT2D eigenvalue weighted by atomic mass is 16.7. The van der Waals surface area contributed by atoms with Crippen molar-refractivity contribution in [1.29, 1.82) is 0 Å². The Kier molecular flexibility index (Phi) is 7.93. The zero-order valence-corrected chi connectivity index (χ0v) is 21.1. The number of fused-ring (bicyclic) bond motifs is 2. The third kappa shape index (κ3) is 6.42. The van der Waals surface area contributed by atoms with Gasteiger partial charge in [-0.25, -0.2) is 0 Å². The number of ether oxygens (including phenoxy) is 6. The lowest BCUT2D eigenvalue weighted by atomic mass is 9.85. The fourth-order valence-electron chi connectivity index (χ4n) is 4.34. The average molecular weight is 495 g/mol. The van der Waals surface area contributed by atoms with Gasteiger partial charge in [-0.05, 0) is 31.4 Å². The Balaban J connectivity index is 1.80. The predicted octanol–water partition coefficient (Wildman–Crippen LogP) is 2.74. The second-order valence-corrected chi connectivity index (χ2v) is 9.92. The molecule has 5 atom stereocenters. The molecule has 0 amide bonds. The summed E-state index contributed by atoms with van der Waals surface area (Å²) >= 11 is 0. The Bertz CT molecular complexity index is 927. The molecule has 10 nitrogen and oxygen atoms in total. The van der Waals surface area contributed by atoms with Crippen LogP contribution in [0.5, 0.6) is 0 Å². The molecule has 10 heteroatoms. The lowest BCUT2D eigenvalue weighted by molar-refractivity contribution is -0.187. The normalized spacial score (nSPS) is 27.5. The second kappa shape index (κ2) is 10.4. The molecule has 0 radical (unpaired) electrons. The highest BCUT2D eigenvalue weighted by molar-refractivity contribution is 5.73. The summed E-state index contributed by atoms with van der Waals surface area (Å²) in [5, 5.41) is 0. The fraction of sp³-hybridized carbons (Fsp3) is 0.680. The molecule has 35 heavy (non-hydrogen) atoms. The van der Waals surface area contributed by atoms with Crippen molar-refractivity contribution < 1.29 is 47.6 Å².